The van der Waals surface area contributed by atoms with E-state index in [9.17, 15) is 4.79 Å². The Morgan fingerprint density at radius 1 is 1.38 bits per heavy atom. The predicted octanol–water partition coefficient (Wildman–Crippen LogP) is 3.39. The van der Waals surface area contributed by atoms with Gasteiger partial charge >= 0.3 is 0 Å². The standard InChI is InChI=1S/C16H19N3OS/c1-11(2)9-15(20)18-13-5-3-12(4-6-13)14-10-21-16-17-7-8-19(14)16/h3-6,10-11H,7-9H2,1-2H3,(H,18,20). The first kappa shape index (κ1) is 14.2. The molecule has 0 radical (unpaired) electrons. The van der Waals surface area contributed by atoms with Gasteiger partial charge in [-0.1, -0.05) is 37.7 Å². The fraction of sp³-hybridized carbons (Fsp3) is 0.375. The zero-order chi connectivity index (χ0) is 14.8. The van der Waals surface area contributed by atoms with Crippen molar-refractivity contribution in [3.63, 3.8) is 0 Å². The van der Waals surface area contributed by atoms with Crippen molar-refractivity contribution in [3.8, 4) is 0 Å². The van der Waals surface area contributed by atoms with Gasteiger partial charge < -0.3 is 10.2 Å². The summed E-state index contributed by atoms with van der Waals surface area (Å²) in [4.78, 5) is 18.5. The van der Waals surface area contributed by atoms with E-state index >= 15 is 0 Å². The Kier molecular flexibility index (Phi) is 4.01. The van der Waals surface area contributed by atoms with E-state index in [1.54, 1.807) is 11.8 Å². The van der Waals surface area contributed by atoms with Crippen molar-refractivity contribution in [3.05, 3.63) is 35.2 Å². The number of hydrogen-bond acceptors (Lipinski definition) is 4. The van der Waals surface area contributed by atoms with Gasteiger partial charge in [-0.15, -0.1) is 0 Å². The summed E-state index contributed by atoms with van der Waals surface area (Å²) in [6.45, 7) is 5.92. The van der Waals surface area contributed by atoms with Crippen molar-refractivity contribution in [2.75, 3.05) is 18.4 Å². The number of carbonyl (C=O) groups is 1. The zero-order valence-corrected chi connectivity index (χ0v) is 13.1. The molecule has 1 amide bonds. The van der Waals surface area contributed by atoms with Crippen LogP contribution in [0.5, 0.6) is 0 Å². The molecule has 21 heavy (non-hydrogen) atoms. The van der Waals surface area contributed by atoms with Crippen LogP contribution in [-0.4, -0.2) is 29.1 Å². The summed E-state index contributed by atoms with van der Waals surface area (Å²) >= 11 is 1.68. The van der Waals surface area contributed by atoms with Gasteiger partial charge in [0.05, 0.1) is 12.2 Å². The second kappa shape index (κ2) is 5.93. The molecular weight excluding hydrogens is 282 g/mol. The Labute approximate surface area is 129 Å². The number of nitrogens with one attached hydrogen (secondary N) is 1. The third-order valence-corrected chi connectivity index (χ3v) is 4.33. The highest BCUT2D eigenvalue weighted by Gasteiger charge is 2.26. The number of hydrogen-bond donors (Lipinski definition) is 1. The molecule has 0 fully saturated rings. The van der Waals surface area contributed by atoms with E-state index in [0.717, 1.165) is 29.5 Å². The van der Waals surface area contributed by atoms with Crippen LogP contribution in [0.15, 0.2) is 34.7 Å². The molecule has 5 heteroatoms. The van der Waals surface area contributed by atoms with Gasteiger partial charge in [0.1, 0.15) is 0 Å². The second-order valence-electron chi connectivity index (χ2n) is 5.66. The first-order valence-electron chi connectivity index (χ1n) is 7.22. The first-order valence-corrected chi connectivity index (χ1v) is 8.10. The van der Waals surface area contributed by atoms with E-state index in [1.807, 2.05) is 26.0 Å². The minimum absolute atomic E-state index is 0.0716. The van der Waals surface area contributed by atoms with E-state index in [4.69, 9.17) is 0 Å². The lowest BCUT2D eigenvalue weighted by Gasteiger charge is -2.17. The summed E-state index contributed by atoms with van der Waals surface area (Å²) in [6, 6.07) is 8.03. The van der Waals surface area contributed by atoms with Crippen LogP contribution in [0.1, 0.15) is 25.8 Å². The number of aliphatic imine (C=N–C) groups is 1. The van der Waals surface area contributed by atoms with E-state index in [2.05, 4.69) is 32.7 Å². The van der Waals surface area contributed by atoms with E-state index in [0.29, 0.717) is 12.3 Å². The number of benzene rings is 1. The molecule has 0 saturated carbocycles. The summed E-state index contributed by atoms with van der Waals surface area (Å²) < 4.78 is 0. The molecule has 0 unspecified atom stereocenters. The van der Waals surface area contributed by atoms with E-state index < -0.39 is 0 Å². The number of amides is 1. The van der Waals surface area contributed by atoms with Crippen LogP contribution in [0.2, 0.25) is 0 Å². The molecule has 0 aliphatic carbocycles. The van der Waals surface area contributed by atoms with Gasteiger partial charge in [-0.25, -0.2) is 0 Å². The highest BCUT2D eigenvalue weighted by atomic mass is 32.2. The van der Waals surface area contributed by atoms with Crippen LogP contribution in [0.4, 0.5) is 5.69 Å². The number of fused-ring (bicyclic) bond motifs is 1. The van der Waals surface area contributed by atoms with Crippen LogP contribution >= 0.6 is 11.8 Å². The number of nitrogens with zero attached hydrogens (tertiary/aromatic N) is 2. The number of carbonyl (C=O) groups excluding carboxylic acids is 1. The van der Waals surface area contributed by atoms with Crippen molar-refractivity contribution in [2.24, 2.45) is 10.9 Å². The van der Waals surface area contributed by atoms with E-state index in [-0.39, 0.29) is 5.91 Å². The van der Waals surface area contributed by atoms with Gasteiger partial charge in [0.25, 0.3) is 0 Å². The average Bonchev–Trinajstić information content (AvgIpc) is 3.01. The maximum Gasteiger partial charge on any atom is 0.224 e. The van der Waals surface area contributed by atoms with Crippen molar-refractivity contribution >= 4 is 34.2 Å². The van der Waals surface area contributed by atoms with Crippen molar-refractivity contribution in [1.29, 1.82) is 0 Å². The molecule has 2 aliphatic rings. The van der Waals surface area contributed by atoms with Crippen molar-refractivity contribution < 1.29 is 4.79 Å². The highest BCUT2D eigenvalue weighted by Crippen LogP contribution is 2.35. The van der Waals surface area contributed by atoms with Crippen molar-refractivity contribution in [1.82, 2.24) is 4.90 Å². The topological polar surface area (TPSA) is 44.7 Å². The molecule has 0 aromatic heterocycles. The zero-order valence-electron chi connectivity index (χ0n) is 12.3. The monoisotopic (exact) mass is 301 g/mol. The average molecular weight is 301 g/mol. The lowest BCUT2D eigenvalue weighted by Crippen LogP contribution is -2.19. The third-order valence-electron chi connectivity index (χ3n) is 3.43. The van der Waals surface area contributed by atoms with E-state index in [1.165, 1.54) is 5.70 Å². The largest absolute Gasteiger partial charge is 0.326 e. The number of thioether (sulfide) groups is 1. The molecule has 3 rings (SSSR count). The third kappa shape index (κ3) is 3.13. The Morgan fingerprint density at radius 3 is 2.86 bits per heavy atom. The van der Waals surface area contributed by atoms with Crippen LogP contribution < -0.4 is 5.32 Å². The molecular formula is C16H19N3OS. The normalized spacial score (nSPS) is 16.8. The van der Waals surface area contributed by atoms with Crippen LogP contribution in [0, 0.1) is 5.92 Å². The number of rotatable bonds is 4. The quantitative estimate of drug-likeness (QED) is 0.927. The number of anilines is 1. The smallest absolute Gasteiger partial charge is 0.224 e. The number of amidine groups is 1. The van der Waals surface area contributed by atoms with Gasteiger partial charge in [0, 0.05) is 24.1 Å². The molecule has 0 bridgehead atoms. The molecule has 2 heterocycles. The van der Waals surface area contributed by atoms with Gasteiger partial charge in [0.15, 0.2) is 5.17 Å². The maximum absolute atomic E-state index is 11.8. The Morgan fingerprint density at radius 2 is 2.14 bits per heavy atom. The summed E-state index contributed by atoms with van der Waals surface area (Å²) in [6.07, 6.45) is 0.553. The SMILES string of the molecule is CC(C)CC(=O)Nc1ccc(C2=CSC3=NCCN23)cc1. The predicted molar refractivity (Wildman–Crippen MR) is 89.1 cm³/mol. The summed E-state index contributed by atoms with van der Waals surface area (Å²) in [5.74, 6) is 0.445. The Bertz CT molecular complexity index is 604. The molecule has 0 atom stereocenters. The van der Waals surface area contributed by atoms with Gasteiger partial charge in [-0.2, -0.15) is 0 Å². The molecule has 1 aromatic carbocycles. The van der Waals surface area contributed by atoms with Gasteiger partial charge in [0.2, 0.25) is 5.91 Å². The van der Waals surface area contributed by atoms with Crippen LogP contribution in [-0.2, 0) is 4.79 Å². The minimum atomic E-state index is 0.0716. The maximum atomic E-state index is 11.8. The fourth-order valence-electron chi connectivity index (χ4n) is 2.45. The molecule has 1 N–H and O–H groups in total. The summed E-state index contributed by atoms with van der Waals surface area (Å²) in [5.41, 5.74) is 3.22. The van der Waals surface area contributed by atoms with Gasteiger partial charge in [-0.3, -0.25) is 9.79 Å². The molecule has 1 aromatic rings. The van der Waals surface area contributed by atoms with Gasteiger partial charge in [-0.05, 0) is 23.6 Å². The molecule has 2 aliphatic heterocycles. The highest BCUT2D eigenvalue weighted by molar-refractivity contribution is 8.16. The lowest BCUT2D eigenvalue weighted by molar-refractivity contribution is -0.116. The fourth-order valence-corrected chi connectivity index (χ4v) is 3.42. The summed E-state index contributed by atoms with van der Waals surface area (Å²) in [7, 11) is 0. The Hall–Kier alpha value is -1.75. The molecule has 110 valence electrons. The Balaban J connectivity index is 1.67. The second-order valence-corrected chi connectivity index (χ2v) is 6.50. The molecule has 4 nitrogen and oxygen atoms in total. The van der Waals surface area contributed by atoms with Crippen LogP contribution in [0.25, 0.3) is 5.70 Å². The molecule has 0 saturated heterocycles. The molecule has 0 spiro atoms. The minimum Gasteiger partial charge on any atom is -0.326 e. The lowest BCUT2D eigenvalue weighted by atomic mass is 10.1. The summed E-state index contributed by atoms with van der Waals surface area (Å²) in [5, 5.41) is 6.18. The van der Waals surface area contributed by atoms with Crippen LogP contribution in [0.3, 0.4) is 0 Å². The van der Waals surface area contributed by atoms with Crippen molar-refractivity contribution in [2.45, 2.75) is 20.3 Å². The first-order chi connectivity index (χ1) is 10.1.